The molecule has 2 rings (SSSR count). The van der Waals surface area contributed by atoms with Crippen LogP contribution in [0.2, 0.25) is 0 Å². The monoisotopic (exact) mass is 505 g/mol. The van der Waals surface area contributed by atoms with Crippen molar-refractivity contribution in [3.05, 3.63) is 59.7 Å². The summed E-state index contributed by atoms with van der Waals surface area (Å²) in [5, 5.41) is 11.6. The third-order valence-electron chi connectivity index (χ3n) is 4.85. The Labute approximate surface area is 210 Å². The highest BCUT2D eigenvalue weighted by atomic mass is 32.1. The zero-order chi connectivity index (χ0) is 25.6. The van der Waals surface area contributed by atoms with Crippen LogP contribution in [-0.4, -0.2) is 61.2 Å². The lowest BCUT2D eigenvalue weighted by molar-refractivity contribution is -0.142. The van der Waals surface area contributed by atoms with E-state index in [0.29, 0.717) is 29.2 Å². The molecule has 0 fully saturated rings. The molecule has 1 amide bonds. The quantitative estimate of drug-likeness (QED) is 0.201. The molecule has 0 bridgehead atoms. The Hall–Kier alpha value is -3.08. The van der Waals surface area contributed by atoms with E-state index < -0.39 is 24.3 Å². The molecule has 0 radical (unpaired) electrons. The lowest BCUT2D eigenvalue weighted by atomic mass is 10.0. The number of esters is 1. The molecule has 0 saturated heterocycles. The molecule has 35 heavy (non-hydrogen) atoms. The molecule has 0 aliphatic carbocycles. The van der Waals surface area contributed by atoms with E-state index in [2.05, 4.69) is 17.9 Å². The van der Waals surface area contributed by atoms with Gasteiger partial charge >= 0.3 is 12.1 Å². The first-order chi connectivity index (χ1) is 16.9. The molecule has 2 aromatic carbocycles. The lowest BCUT2D eigenvalue weighted by Crippen LogP contribution is -2.30. The van der Waals surface area contributed by atoms with Crippen LogP contribution in [0.4, 0.5) is 10.5 Å². The third kappa shape index (κ3) is 9.59. The topological polar surface area (TPSA) is 120 Å². The van der Waals surface area contributed by atoms with Gasteiger partial charge in [0.05, 0.1) is 19.0 Å². The van der Waals surface area contributed by atoms with E-state index in [0.717, 1.165) is 0 Å². The van der Waals surface area contributed by atoms with Crippen molar-refractivity contribution in [3.63, 3.8) is 0 Å². The van der Waals surface area contributed by atoms with E-state index in [1.165, 1.54) is 6.92 Å². The van der Waals surface area contributed by atoms with Gasteiger partial charge in [-0.05, 0) is 55.8 Å². The van der Waals surface area contributed by atoms with Gasteiger partial charge in [0, 0.05) is 24.3 Å². The van der Waals surface area contributed by atoms with E-state index in [1.54, 1.807) is 48.5 Å². The predicted molar refractivity (Wildman–Crippen MR) is 133 cm³/mol. The van der Waals surface area contributed by atoms with E-state index in [4.69, 9.17) is 24.1 Å². The van der Waals surface area contributed by atoms with Crippen molar-refractivity contribution in [2.45, 2.75) is 32.5 Å². The molecule has 0 aliphatic rings. The van der Waals surface area contributed by atoms with Gasteiger partial charge in [0.1, 0.15) is 18.5 Å². The Kier molecular flexibility index (Phi) is 12.1. The van der Waals surface area contributed by atoms with Crippen molar-refractivity contribution in [2.75, 3.05) is 37.5 Å². The summed E-state index contributed by atoms with van der Waals surface area (Å²) in [6.45, 7) is 3.72. The number of benzene rings is 2. The van der Waals surface area contributed by atoms with Gasteiger partial charge < -0.3 is 24.1 Å². The summed E-state index contributed by atoms with van der Waals surface area (Å²) in [5.74, 6) is -0.0338. The minimum Gasteiger partial charge on any atom is -0.491 e. The van der Waals surface area contributed by atoms with Crippen LogP contribution in [0.15, 0.2) is 48.5 Å². The number of hydrogen-bond acceptors (Lipinski definition) is 9. The molecule has 0 spiro atoms. The molecule has 0 saturated carbocycles. The zero-order valence-electron chi connectivity index (χ0n) is 19.8. The SMILES string of the molecule is CCO[C@H](CCOC(=O)CS)[C@H](OC(=O)Nc1ccc(C(C)=O)cc1)c1ccc(OCCO)cc1. The van der Waals surface area contributed by atoms with Gasteiger partial charge in [-0.25, -0.2) is 4.79 Å². The fourth-order valence-electron chi connectivity index (χ4n) is 3.20. The Balaban J connectivity index is 2.20. The summed E-state index contributed by atoms with van der Waals surface area (Å²) in [7, 11) is 0. The fraction of sp³-hybridized carbons (Fsp3) is 0.400. The summed E-state index contributed by atoms with van der Waals surface area (Å²) in [5.41, 5.74) is 1.63. The lowest BCUT2D eigenvalue weighted by Gasteiger charge is -2.27. The van der Waals surface area contributed by atoms with Gasteiger partial charge in [-0.1, -0.05) is 12.1 Å². The summed E-state index contributed by atoms with van der Waals surface area (Å²) < 4.78 is 22.1. The zero-order valence-corrected chi connectivity index (χ0v) is 20.7. The number of amides is 1. The number of nitrogens with one attached hydrogen (secondary N) is 1. The second kappa shape index (κ2) is 15.0. The molecule has 0 unspecified atom stereocenters. The summed E-state index contributed by atoms with van der Waals surface area (Å²) >= 11 is 3.89. The van der Waals surface area contributed by atoms with Gasteiger partial charge in [-0.2, -0.15) is 12.6 Å². The number of carbonyl (C=O) groups excluding carboxylic acids is 3. The van der Waals surface area contributed by atoms with Gasteiger partial charge in [0.15, 0.2) is 11.9 Å². The maximum atomic E-state index is 12.8. The first-order valence-electron chi connectivity index (χ1n) is 11.2. The van der Waals surface area contributed by atoms with Crippen LogP contribution >= 0.6 is 12.6 Å². The van der Waals surface area contributed by atoms with Gasteiger partial charge in [-0.15, -0.1) is 0 Å². The highest BCUT2D eigenvalue weighted by Crippen LogP contribution is 2.28. The predicted octanol–water partition coefficient (Wildman–Crippen LogP) is 3.82. The molecule has 0 heterocycles. The van der Waals surface area contributed by atoms with Crippen LogP contribution in [0.1, 0.15) is 42.3 Å². The van der Waals surface area contributed by atoms with E-state index in [9.17, 15) is 14.4 Å². The smallest absolute Gasteiger partial charge is 0.412 e. The van der Waals surface area contributed by atoms with Crippen LogP contribution < -0.4 is 10.1 Å². The molecular formula is C25H31NO8S. The minimum absolute atomic E-state index is 0.0423. The normalized spacial score (nSPS) is 12.3. The highest BCUT2D eigenvalue weighted by molar-refractivity contribution is 7.81. The molecule has 0 aromatic heterocycles. The molecule has 10 heteroatoms. The van der Waals surface area contributed by atoms with Crippen LogP contribution in [0, 0.1) is 0 Å². The van der Waals surface area contributed by atoms with Crippen molar-refractivity contribution in [3.8, 4) is 5.75 Å². The number of aliphatic hydroxyl groups is 1. The molecule has 2 aromatic rings. The van der Waals surface area contributed by atoms with Crippen LogP contribution in [-0.2, 0) is 19.0 Å². The molecule has 190 valence electrons. The number of Topliss-reactive ketones (excluding diaryl/α,β-unsaturated/α-hetero) is 1. The first-order valence-corrected chi connectivity index (χ1v) is 11.8. The number of rotatable bonds is 14. The highest BCUT2D eigenvalue weighted by Gasteiger charge is 2.28. The number of ether oxygens (including phenoxy) is 4. The Morgan fingerprint density at radius 2 is 1.71 bits per heavy atom. The van der Waals surface area contributed by atoms with Gasteiger partial charge in [0.25, 0.3) is 0 Å². The third-order valence-corrected chi connectivity index (χ3v) is 5.11. The van der Waals surface area contributed by atoms with Gasteiger partial charge in [-0.3, -0.25) is 14.9 Å². The maximum absolute atomic E-state index is 12.8. The number of ketones is 1. The standard InChI is InChI=1S/C25H31NO8S/c1-3-31-22(12-14-33-23(29)16-35)24(19-6-10-21(11-7-19)32-15-13-27)34-25(30)26-20-8-4-18(5-9-20)17(2)28/h4-11,22,24,27,35H,3,12-16H2,1-2H3,(H,26,30)/t22-,24-/m1/s1. The average molecular weight is 506 g/mol. The van der Waals surface area contributed by atoms with Crippen molar-refractivity contribution in [1.29, 1.82) is 0 Å². The van der Waals surface area contributed by atoms with E-state index in [1.807, 2.05) is 6.92 Å². The Morgan fingerprint density at radius 1 is 1.03 bits per heavy atom. The van der Waals surface area contributed by atoms with Crippen LogP contribution in [0.5, 0.6) is 5.75 Å². The second-order valence-corrected chi connectivity index (χ2v) is 7.70. The van der Waals surface area contributed by atoms with Gasteiger partial charge in [0.2, 0.25) is 0 Å². The molecule has 2 atom stereocenters. The second-order valence-electron chi connectivity index (χ2n) is 7.39. The van der Waals surface area contributed by atoms with Crippen molar-refractivity contribution in [2.24, 2.45) is 0 Å². The first kappa shape index (κ1) is 28.2. The number of carbonyl (C=O) groups is 3. The Bertz CT molecular complexity index is 949. The fourth-order valence-corrected chi connectivity index (χ4v) is 3.29. The molecule has 0 aliphatic heterocycles. The average Bonchev–Trinajstić information content (AvgIpc) is 2.86. The van der Waals surface area contributed by atoms with Crippen molar-refractivity contribution in [1.82, 2.24) is 0 Å². The van der Waals surface area contributed by atoms with E-state index >= 15 is 0 Å². The number of hydrogen-bond donors (Lipinski definition) is 3. The number of anilines is 1. The molecular weight excluding hydrogens is 474 g/mol. The maximum Gasteiger partial charge on any atom is 0.412 e. The van der Waals surface area contributed by atoms with Crippen molar-refractivity contribution < 1.29 is 38.4 Å². The largest absolute Gasteiger partial charge is 0.491 e. The van der Waals surface area contributed by atoms with E-state index in [-0.39, 0.29) is 37.8 Å². The number of thiol groups is 1. The minimum atomic E-state index is -0.826. The molecule has 2 N–H and O–H groups in total. The summed E-state index contributed by atoms with van der Waals surface area (Å²) in [4.78, 5) is 35.7. The summed E-state index contributed by atoms with van der Waals surface area (Å²) in [6.07, 6.45) is -1.87. The van der Waals surface area contributed by atoms with Crippen molar-refractivity contribution >= 4 is 36.2 Å². The Morgan fingerprint density at radius 3 is 2.29 bits per heavy atom. The van der Waals surface area contributed by atoms with Crippen LogP contribution in [0.25, 0.3) is 0 Å². The molecule has 9 nitrogen and oxygen atoms in total. The van der Waals surface area contributed by atoms with Crippen LogP contribution in [0.3, 0.4) is 0 Å². The number of aliphatic hydroxyl groups excluding tert-OH is 1. The summed E-state index contributed by atoms with van der Waals surface area (Å²) in [6, 6.07) is 13.3.